The highest BCUT2D eigenvalue weighted by Crippen LogP contribution is 2.13. The van der Waals surface area contributed by atoms with E-state index in [1.807, 2.05) is 17.9 Å². The Morgan fingerprint density at radius 1 is 1.78 bits per heavy atom. The highest BCUT2D eigenvalue weighted by atomic mass is 32.2. The molecule has 50 valence electrons. The quantitative estimate of drug-likeness (QED) is 0.483. The molecule has 9 heavy (non-hydrogen) atoms. The van der Waals surface area contributed by atoms with E-state index < -0.39 is 0 Å². The number of thioether (sulfide) groups is 1. The van der Waals surface area contributed by atoms with Crippen LogP contribution in [0.5, 0.6) is 0 Å². The van der Waals surface area contributed by atoms with Gasteiger partial charge < -0.3 is 4.57 Å². The third-order valence-electron chi connectivity index (χ3n) is 0.945. The van der Waals surface area contributed by atoms with Gasteiger partial charge in [-0.05, 0) is 30.0 Å². The zero-order chi connectivity index (χ0) is 6.85. The minimum atomic E-state index is 0.833. The summed E-state index contributed by atoms with van der Waals surface area (Å²) >= 11 is 7.92. The molecule has 0 N–H and O–H groups in total. The molecule has 0 saturated carbocycles. The molecule has 0 spiro atoms. The van der Waals surface area contributed by atoms with Crippen molar-refractivity contribution in [1.29, 1.82) is 0 Å². The Hall–Kier alpha value is 0.130. The van der Waals surface area contributed by atoms with Gasteiger partial charge in [-0.15, -0.1) is 0 Å². The predicted octanol–water partition coefficient (Wildman–Crippen LogP) is 1.93. The van der Waals surface area contributed by atoms with Crippen LogP contribution in [-0.2, 0) is 7.05 Å². The fourth-order valence-corrected chi connectivity index (χ4v) is 2.03. The smallest absolute Gasteiger partial charge is 0.181 e. The third-order valence-corrected chi connectivity index (χ3v) is 2.98. The van der Waals surface area contributed by atoms with Crippen LogP contribution < -0.4 is 0 Å². The lowest BCUT2D eigenvalue weighted by atomic mass is 11.1. The molecule has 0 aromatic carbocycles. The predicted molar refractivity (Wildman–Crippen MR) is 43.7 cm³/mol. The molecule has 0 unspecified atom stereocenters. The number of hydrogen-bond donors (Lipinski definition) is 0. The van der Waals surface area contributed by atoms with Crippen molar-refractivity contribution < 1.29 is 0 Å². The first-order valence-corrected chi connectivity index (χ1v) is 4.73. The van der Waals surface area contributed by atoms with Gasteiger partial charge in [0.1, 0.15) is 0 Å². The average Bonchev–Trinajstić information content (AvgIpc) is 2.15. The summed E-state index contributed by atoms with van der Waals surface area (Å²) in [6.07, 6.45) is 1.99. The molecule has 1 heterocycles. The van der Waals surface area contributed by atoms with Crippen LogP contribution in [0, 0.1) is 3.95 Å². The van der Waals surface area contributed by atoms with Gasteiger partial charge in [-0.2, -0.15) is 4.37 Å². The first kappa shape index (κ1) is 7.24. The molecule has 5 heteroatoms. The second-order valence-corrected chi connectivity index (χ2v) is 3.66. The van der Waals surface area contributed by atoms with Crippen LogP contribution in [0.15, 0.2) is 5.16 Å². The van der Waals surface area contributed by atoms with E-state index in [-0.39, 0.29) is 0 Å². The summed E-state index contributed by atoms with van der Waals surface area (Å²) in [6, 6.07) is 0. The van der Waals surface area contributed by atoms with E-state index in [0.29, 0.717) is 0 Å². The summed E-state index contributed by atoms with van der Waals surface area (Å²) in [5.41, 5.74) is 0. The Morgan fingerprint density at radius 3 is 2.67 bits per heavy atom. The lowest BCUT2D eigenvalue weighted by molar-refractivity contribution is 0.783. The standard InChI is InChI=1S/C4H6N2S3/c1-6-3(8-2)5-9-4(6)7/h1-2H3. The van der Waals surface area contributed by atoms with Gasteiger partial charge in [0.05, 0.1) is 0 Å². The summed E-state index contributed by atoms with van der Waals surface area (Å²) in [7, 11) is 1.93. The van der Waals surface area contributed by atoms with Crippen LogP contribution in [0.4, 0.5) is 0 Å². The van der Waals surface area contributed by atoms with Gasteiger partial charge >= 0.3 is 0 Å². The second kappa shape index (κ2) is 2.81. The Balaban J connectivity index is 3.20. The molecular weight excluding hydrogens is 172 g/mol. The lowest BCUT2D eigenvalue weighted by Crippen LogP contribution is -1.88. The zero-order valence-corrected chi connectivity index (χ0v) is 7.57. The summed E-state index contributed by atoms with van der Waals surface area (Å²) < 4.78 is 6.84. The van der Waals surface area contributed by atoms with E-state index in [9.17, 15) is 0 Å². The van der Waals surface area contributed by atoms with Crippen molar-refractivity contribution in [3.8, 4) is 0 Å². The maximum Gasteiger partial charge on any atom is 0.181 e. The van der Waals surface area contributed by atoms with Gasteiger partial charge in [-0.1, -0.05) is 11.8 Å². The monoisotopic (exact) mass is 178 g/mol. The largest absolute Gasteiger partial charge is 0.305 e. The molecule has 0 amide bonds. The Bertz CT molecular complexity index is 249. The molecule has 1 aromatic heterocycles. The Morgan fingerprint density at radius 2 is 2.44 bits per heavy atom. The average molecular weight is 178 g/mol. The van der Waals surface area contributed by atoms with Gasteiger partial charge in [0, 0.05) is 7.05 Å². The van der Waals surface area contributed by atoms with E-state index >= 15 is 0 Å². The summed E-state index contributed by atoms with van der Waals surface area (Å²) in [5.74, 6) is 0. The van der Waals surface area contributed by atoms with Gasteiger partial charge in [0.2, 0.25) is 0 Å². The maximum atomic E-state index is 4.95. The van der Waals surface area contributed by atoms with Crippen molar-refractivity contribution >= 4 is 35.5 Å². The Labute approximate surface area is 67.1 Å². The molecule has 0 fully saturated rings. The van der Waals surface area contributed by atoms with Gasteiger partial charge in [0.15, 0.2) is 9.11 Å². The molecule has 2 nitrogen and oxygen atoms in total. The van der Waals surface area contributed by atoms with E-state index in [4.69, 9.17) is 12.2 Å². The first-order valence-electron chi connectivity index (χ1n) is 2.32. The third kappa shape index (κ3) is 1.33. The lowest BCUT2D eigenvalue weighted by Gasteiger charge is -1.91. The molecule has 0 bridgehead atoms. The maximum absolute atomic E-state index is 4.95. The number of aromatic nitrogens is 2. The minimum Gasteiger partial charge on any atom is -0.305 e. The molecule has 1 aromatic rings. The van der Waals surface area contributed by atoms with E-state index in [1.165, 1.54) is 11.5 Å². The van der Waals surface area contributed by atoms with E-state index in [2.05, 4.69) is 4.37 Å². The SMILES string of the molecule is CSc1nsc(=S)n1C. The van der Waals surface area contributed by atoms with Crippen molar-refractivity contribution in [3.63, 3.8) is 0 Å². The van der Waals surface area contributed by atoms with Crippen LogP contribution in [0.2, 0.25) is 0 Å². The van der Waals surface area contributed by atoms with Gasteiger partial charge in [-0.25, -0.2) is 0 Å². The van der Waals surface area contributed by atoms with E-state index in [0.717, 1.165) is 9.11 Å². The molecule has 0 aliphatic heterocycles. The topological polar surface area (TPSA) is 17.8 Å². The van der Waals surface area contributed by atoms with Crippen LogP contribution in [0.25, 0.3) is 0 Å². The van der Waals surface area contributed by atoms with Gasteiger partial charge in [0.25, 0.3) is 0 Å². The number of nitrogens with zero attached hydrogens (tertiary/aromatic N) is 2. The Kier molecular flexibility index (Phi) is 2.26. The minimum absolute atomic E-state index is 0.833. The molecule has 1 rings (SSSR count). The summed E-state index contributed by atoms with van der Waals surface area (Å²) in [4.78, 5) is 0. The van der Waals surface area contributed by atoms with Crippen molar-refractivity contribution in [1.82, 2.24) is 8.94 Å². The fraction of sp³-hybridized carbons (Fsp3) is 0.500. The molecule has 0 radical (unpaired) electrons. The normalized spacial score (nSPS) is 10.0. The molecule has 0 atom stereocenters. The summed E-state index contributed by atoms with van der Waals surface area (Å²) in [5, 5.41) is 0.991. The highest BCUT2D eigenvalue weighted by Gasteiger charge is 1.97. The van der Waals surface area contributed by atoms with Crippen LogP contribution in [0.1, 0.15) is 0 Å². The van der Waals surface area contributed by atoms with Crippen LogP contribution >= 0.6 is 35.5 Å². The van der Waals surface area contributed by atoms with Crippen molar-refractivity contribution in [2.75, 3.05) is 6.26 Å². The molecule has 0 saturated heterocycles. The van der Waals surface area contributed by atoms with Crippen molar-refractivity contribution in [3.05, 3.63) is 3.95 Å². The van der Waals surface area contributed by atoms with Gasteiger partial charge in [-0.3, -0.25) is 0 Å². The summed E-state index contributed by atoms with van der Waals surface area (Å²) in [6.45, 7) is 0. The van der Waals surface area contributed by atoms with Crippen molar-refractivity contribution in [2.45, 2.75) is 5.16 Å². The van der Waals surface area contributed by atoms with Crippen LogP contribution in [0.3, 0.4) is 0 Å². The molecule has 0 aliphatic rings. The highest BCUT2D eigenvalue weighted by molar-refractivity contribution is 7.98. The fourth-order valence-electron chi connectivity index (χ4n) is 0.453. The number of hydrogen-bond acceptors (Lipinski definition) is 4. The number of rotatable bonds is 1. The zero-order valence-electron chi connectivity index (χ0n) is 5.12. The second-order valence-electron chi connectivity index (χ2n) is 1.49. The van der Waals surface area contributed by atoms with E-state index in [1.54, 1.807) is 11.8 Å². The van der Waals surface area contributed by atoms with Crippen molar-refractivity contribution in [2.24, 2.45) is 7.05 Å². The molecular formula is C4H6N2S3. The first-order chi connectivity index (χ1) is 4.25. The molecule has 0 aliphatic carbocycles. The van der Waals surface area contributed by atoms with Crippen LogP contribution in [-0.4, -0.2) is 15.2 Å².